The van der Waals surface area contributed by atoms with Crippen molar-refractivity contribution in [2.24, 2.45) is 7.05 Å². The van der Waals surface area contributed by atoms with Crippen LogP contribution in [0.3, 0.4) is 0 Å². The fourth-order valence-corrected chi connectivity index (χ4v) is 2.59. The third-order valence-electron chi connectivity index (χ3n) is 4.05. The topological polar surface area (TPSA) is 77.6 Å². The van der Waals surface area contributed by atoms with Crippen LogP contribution in [-0.2, 0) is 11.8 Å². The Hall–Kier alpha value is -2.70. The maximum absolute atomic E-state index is 12.5. The number of hydrogen-bond acceptors (Lipinski definition) is 4. The summed E-state index contributed by atoms with van der Waals surface area (Å²) in [5.41, 5.74) is 3.63. The largest absolute Gasteiger partial charge is 0.348 e. The lowest BCUT2D eigenvalue weighted by Crippen LogP contribution is -2.33. The fraction of sp³-hybridized carbons (Fsp3) is 0.375. The molecular weight excluding hydrogens is 292 g/mol. The molecule has 1 amide bonds. The van der Waals surface area contributed by atoms with Crippen LogP contribution in [0.25, 0.3) is 11.0 Å². The van der Waals surface area contributed by atoms with Gasteiger partial charge in [-0.15, -0.1) is 0 Å². The molecule has 0 fully saturated rings. The van der Waals surface area contributed by atoms with Crippen LogP contribution in [0.2, 0.25) is 0 Å². The van der Waals surface area contributed by atoms with Crippen LogP contribution in [-0.4, -0.2) is 30.5 Å². The number of aromatic nitrogens is 5. The molecule has 3 aromatic rings. The first-order valence-electron chi connectivity index (χ1n) is 7.56. The van der Waals surface area contributed by atoms with E-state index in [1.54, 1.807) is 21.8 Å². The molecule has 0 aliphatic carbocycles. The number of rotatable bonds is 4. The summed E-state index contributed by atoms with van der Waals surface area (Å²) in [6.07, 6.45) is 5.30. The van der Waals surface area contributed by atoms with Crippen molar-refractivity contribution in [1.82, 2.24) is 29.9 Å². The number of fused-ring (bicyclic) bond motifs is 1. The van der Waals surface area contributed by atoms with Gasteiger partial charge in [0.1, 0.15) is 17.1 Å². The van der Waals surface area contributed by atoms with Gasteiger partial charge in [-0.25, -0.2) is 0 Å². The van der Waals surface area contributed by atoms with Crippen molar-refractivity contribution in [2.75, 3.05) is 0 Å². The summed E-state index contributed by atoms with van der Waals surface area (Å²) in [4.78, 5) is 16.5. The molecule has 0 spiro atoms. The lowest BCUT2D eigenvalue weighted by Gasteiger charge is -2.18. The second-order valence-electron chi connectivity index (χ2n) is 5.74. The summed E-state index contributed by atoms with van der Waals surface area (Å²) >= 11 is 0. The molecule has 0 bridgehead atoms. The summed E-state index contributed by atoms with van der Waals surface area (Å²) in [5.74, 6) is -0.0762. The van der Waals surface area contributed by atoms with E-state index in [1.807, 2.05) is 46.1 Å². The molecule has 120 valence electrons. The number of nitrogens with zero attached hydrogens (tertiary/aromatic N) is 5. The summed E-state index contributed by atoms with van der Waals surface area (Å²) in [7, 11) is 1.87. The molecule has 3 heterocycles. The molecule has 3 rings (SSSR count). The first kappa shape index (κ1) is 15.2. The van der Waals surface area contributed by atoms with E-state index in [1.165, 1.54) is 0 Å². The van der Waals surface area contributed by atoms with Crippen molar-refractivity contribution in [3.05, 3.63) is 42.0 Å². The van der Waals surface area contributed by atoms with E-state index in [0.717, 1.165) is 22.3 Å². The van der Waals surface area contributed by atoms with E-state index in [9.17, 15) is 4.79 Å². The van der Waals surface area contributed by atoms with Crippen molar-refractivity contribution < 1.29 is 4.79 Å². The zero-order valence-corrected chi connectivity index (χ0v) is 13.7. The third-order valence-corrected chi connectivity index (χ3v) is 4.05. The molecule has 0 saturated carbocycles. The molecule has 2 unspecified atom stereocenters. The van der Waals surface area contributed by atoms with Gasteiger partial charge in [-0.3, -0.25) is 19.1 Å². The molecule has 1 N–H and O–H groups in total. The van der Waals surface area contributed by atoms with E-state index < -0.39 is 6.04 Å². The second-order valence-corrected chi connectivity index (χ2v) is 5.74. The van der Waals surface area contributed by atoms with Gasteiger partial charge in [0.05, 0.1) is 17.9 Å². The third kappa shape index (κ3) is 2.81. The predicted octanol–water partition coefficient (Wildman–Crippen LogP) is 1.91. The van der Waals surface area contributed by atoms with Gasteiger partial charge >= 0.3 is 0 Å². The lowest BCUT2D eigenvalue weighted by molar-refractivity contribution is -0.124. The van der Waals surface area contributed by atoms with Gasteiger partial charge in [0, 0.05) is 19.4 Å². The number of nitrogens with one attached hydrogen (secondary N) is 1. The van der Waals surface area contributed by atoms with Gasteiger partial charge in [0.2, 0.25) is 5.91 Å². The highest BCUT2D eigenvalue weighted by Gasteiger charge is 2.20. The van der Waals surface area contributed by atoms with Crippen molar-refractivity contribution >= 4 is 16.9 Å². The number of pyridine rings is 1. The molecular formula is C16H20N6O. The Balaban J connectivity index is 1.77. The number of aryl methyl sites for hydroxylation is 2. The van der Waals surface area contributed by atoms with Crippen LogP contribution >= 0.6 is 0 Å². The second kappa shape index (κ2) is 5.83. The van der Waals surface area contributed by atoms with Crippen molar-refractivity contribution in [3.63, 3.8) is 0 Å². The van der Waals surface area contributed by atoms with Crippen LogP contribution < -0.4 is 5.32 Å². The van der Waals surface area contributed by atoms with Crippen molar-refractivity contribution in [2.45, 2.75) is 32.9 Å². The van der Waals surface area contributed by atoms with Crippen LogP contribution in [0.5, 0.6) is 0 Å². The van der Waals surface area contributed by atoms with Gasteiger partial charge < -0.3 is 5.32 Å². The number of amides is 1. The maximum Gasteiger partial charge on any atom is 0.245 e. The first-order valence-corrected chi connectivity index (χ1v) is 7.56. The molecule has 7 heteroatoms. The van der Waals surface area contributed by atoms with Crippen LogP contribution in [0, 0.1) is 6.92 Å². The van der Waals surface area contributed by atoms with E-state index in [4.69, 9.17) is 0 Å². The number of carbonyl (C=O) groups is 1. The Bertz CT molecular complexity index is 801. The normalized spacial score (nSPS) is 13.9. The van der Waals surface area contributed by atoms with Crippen molar-refractivity contribution in [1.29, 1.82) is 0 Å². The number of carbonyl (C=O) groups excluding carboxylic acids is 1. The van der Waals surface area contributed by atoms with E-state index in [-0.39, 0.29) is 11.9 Å². The van der Waals surface area contributed by atoms with Gasteiger partial charge in [-0.1, -0.05) is 0 Å². The summed E-state index contributed by atoms with van der Waals surface area (Å²) < 4.78 is 3.46. The number of hydrogen-bond donors (Lipinski definition) is 1. The molecule has 0 aliphatic rings. The van der Waals surface area contributed by atoms with Gasteiger partial charge in [0.25, 0.3) is 0 Å². The minimum Gasteiger partial charge on any atom is -0.348 e. The van der Waals surface area contributed by atoms with Crippen LogP contribution in [0.1, 0.15) is 37.2 Å². The molecule has 3 aromatic heterocycles. The summed E-state index contributed by atoms with van der Waals surface area (Å²) in [6, 6.07) is 3.31. The smallest absolute Gasteiger partial charge is 0.245 e. The fourth-order valence-electron chi connectivity index (χ4n) is 2.59. The average Bonchev–Trinajstić information content (AvgIpc) is 3.09. The molecule has 23 heavy (non-hydrogen) atoms. The monoisotopic (exact) mass is 312 g/mol. The highest BCUT2D eigenvalue weighted by molar-refractivity contribution is 5.82. The Morgan fingerprint density at radius 1 is 1.22 bits per heavy atom. The SMILES string of the molecule is Cc1nn(C)c2cn(C(C)C(=O)NC(C)c3ccncc3)nc12. The highest BCUT2D eigenvalue weighted by Crippen LogP contribution is 2.19. The summed E-state index contributed by atoms with van der Waals surface area (Å²) in [5, 5.41) is 11.8. The minimum atomic E-state index is -0.397. The Kier molecular flexibility index (Phi) is 3.85. The predicted molar refractivity (Wildman–Crippen MR) is 86.7 cm³/mol. The zero-order valence-electron chi connectivity index (χ0n) is 13.7. The molecule has 0 aromatic carbocycles. The standard InChI is InChI=1S/C16H20N6O/c1-10(13-5-7-17-8-6-13)18-16(23)12(3)22-9-14-15(20-22)11(2)19-21(14)4/h5-10,12H,1-4H3,(H,18,23). The van der Waals surface area contributed by atoms with Gasteiger partial charge in [0.15, 0.2) is 0 Å². The minimum absolute atomic E-state index is 0.0762. The lowest BCUT2D eigenvalue weighted by atomic mass is 10.1. The Morgan fingerprint density at radius 3 is 2.57 bits per heavy atom. The molecule has 0 radical (unpaired) electrons. The summed E-state index contributed by atoms with van der Waals surface area (Å²) in [6.45, 7) is 5.70. The molecule has 0 aliphatic heterocycles. The van der Waals surface area contributed by atoms with Gasteiger partial charge in [-0.2, -0.15) is 10.2 Å². The average molecular weight is 312 g/mol. The van der Waals surface area contributed by atoms with Crippen LogP contribution in [0.15, 0.2) is 30.7 Å². The highest BCUT2D eigenvalue weighted by atomic mass is 16.2. The molecule has 7 nitrogen and oxygen atoms in total. The molecule has 2 atom stereocenters. The Labute approximate surface area is 134 Å². The van der Waals surface area contributed by atoms with Crippen molar-refractivity contribution in [3.8, 4) is 0 Å². The van der Waals surface area contributed by atoms with Gasteiger partial charge in [-0.05, 0) is 38.5 Å². The van der Waals surface area contributed by atoms with E-state index >= 15 is 0 Å². The first-order chi connectivity index (χ1) is 11.0. The van der Waals surface area contributed by atoms with E-state index in [2.05, 4.69) is 20.5 Å². The quantitative estimate of drug-likeness (QED) is 0.798. The van der Waals surface area contributed by atoms with E-state index in [0.29, 0.717) is 0 Å². The van der Waals surface area contributed by atoms with Crippen LogP contribution in [0.4, 0.5) is 0 Å². The Morgan fingerprint density at radius 2 is 1.91 bits per heavy atom. The molecule has 0 saturated heterocycles. The maximum atomic E-state index is 12.5. The zero-order chi connectivity index (χ0) is 16.6.